The van der Waals surface area contributed by atoms with E-state index < -0.39 is 5.82 Å². The van der Waals surface area contributed by atoms with Crippen LogP contribution in [-0.2, 0) is 0 Å². The lowest BCUT2D eigenvalue weighted by Crippen LogP contribution is -2.30. The lowest BCUT2D eigenvalue weighted by molar-refractivity contribution is 0.0988. The number of rotatable bonds is 3. The molecule has 0 bridgehead atoms. The van der Waals surface area contributed by atoms with Crippen molar-refractivity contribution in [3.05, 3.63) is 65.5 Å². The van der Waals surface area contributed by atoms with Gasteiger partial charge in [0.05, 0.1) is 0 Å². The second kappa shape index (κ2) is 5.65. The van der Waals surface area contributed by atoms with Crippen LogP contribution in [0.5, 0.6) is 0 Å². The van der Waals surface area contributed by atoms with Crippen molar-refractivity contribution >= 4 is 11.6 Å². The number of carbonyl (C=O) groups is 1. The molecule has 0 unspecified atom stereocenters. The van der Waals surface area contributed by atoms with Crippen molar-refractivity contribution in [1.29, 1.82) is 0 Å². The summed E-state index contributed by atoms with van der Waals surface area (Å²) < 4.78 is 13.2. The molecule has 1 amide bonds. The molecule has 0 aromatic heterocycles. The maximum absolute atomic E-state index is 13.2. The Bertz CT molecular complexity index is 595. The van der Waals surface area contributed by atoms with Gasteiger partial charge in [-0.3, -0.25) is 4.79 Å². The largest absolute Gasteiger partial charge is 0.309 e. The first-order valence-electron chi connectivity index (χ1n) is 6.26. The van der Waals surface area contributed by atoms with Gasteiger partial charge in [-0.2, -0.15) is 0 Å². The predicted molar refractivity (Wildman–Crippen MR) is 74.9 cm³/mol. The molecule has 0 spiro atoms. The highest BCUT2D eigenvalue weighted by Crippen LogP contribution is 2.18. The minimum absolute atomic E-state index is 0.187. The highest BCUT2D eigenvalue weighted by Gasteiger charge is 2.16. The fraction of sp³-hybridized carbons (Fsp3) is 0.188. The van der Waals surface area contributed by atoms with Crippen molar-refractivity contribution in [2.75, 3.05) is 11.4 Å². The lowest BCUT2D eigenvalue weighted by Gasteiger charge is -2.21. The van der Waals surface area contributed by atoms with Crippen LogP contribution in [0.1, 0.15) is 22.8 Å². The molecule has 0 aliphatic carbocycles. The van der Waals surface area contributed by atoms with E-state index in [1.807, 2.05) is 38.1 Å². The van der Waals surface area contributed by atoms with E-state index in [0.29, 0.717) is 12.1 Å². The van der Waals surface area contributed by atoms with Crippen LogP contribution in [0.15, 0.2) is 48.5 Å². The van der Waals surface area contributed by atoms with Crippen molar-refractivity contribution in [2.24, 2.45) is 0 Å². The van der Waals surface area contributed by atoms with Gasteiger partial charge in [0.2, 0.25) is 0 Å². The molecule has 0 saturated heterocycles. The Morgan fingerprint density at radius 3 is 2.53 bits per heavy atom. The zero-order chi connectivity index (χ0) is 13.8. The monoisotopic (exact) mass is 257 g/mol. The van der Waals surface area contributed by atoms with Gasteiger partial charge in [-0.05, 0) is 49.7 Å². The number of benzene rings is 2. The van der Waals surface area contributed by atoms with Crippen LogP contribution in [0.2, 0.25) is 0 Å². The molecule has 0 heterocycles. The summed E-state index contributed by atoms with van der Waals surface area (Å²) in [5.74, 6) is -0.584. The Hall–Kier alpha value is -2.16. The van der Waals surface area contributed by atoms with Crippen LogP contribution < -0.4 is 4.90 Å². The third kappa shape index (κ3) is 2.99. The summed E-state index contributed by atoms with van der Waals surface area (Å²) in [6, 6.07) is 13.5. The Balaban J connectivity index is 2.34. The number of amides is 1. The standard InChI is InChI=1S/C16H16FNO/c1-3-18(15-9-4-6-12(2)10-15)16(19)13-7-5-8-14(17)11-13/h4-11H,3H2,1-2H3. The van der Waals surface area contributed by atoms with Crippen molar-refractivity contribution in [1.82, 2.24) is 0 Å². The van der Waals surface area contributed by atoms with Gasteiger partial charge in [-0.1, -0.05) is 18.2 Å². The minimum atomic E-state index is -0.397. The van der Waals surface area contributed by atoms with E-state index in [9.17, 15) is 9.18 Å². The van der Waals surface area contributed by atoms with Gasteiger partial charge >= 0.3 is 0 Å². The Kier molecular flexibility index (Phi) is 3.95. The lowest BCUT2D eigenvalue weighted by atomic mass is 10.1. The van der Waals surface area contributed by atoms with E-state index in [1.165, 1.54) is 12.1 Å². The predicted octanol–water partition coefficient (Wildman–Crippen LogP) is 3.80. The molecule has 0 radical (unpaired) electrons. The first-order chi connectivity index (χ1) is 9.11. The van der Waals surface area contributed by atoms with Gasteiger partial charge in [0.1, 0.15) is 5.82 Å². The van der Waals surface area contributed by atoms with Crippen LogP contribution >= 0.6 is 0 Å². The molecule has 98 valence electrons. The molecule has 0 aliphatic rings. The average molecular weight is 257 g/mol. The fourth-order valence-electron chi connectivity index (χ4n) is 2.02. The number of hydrogen-bond acceptors (Lipinski definition) is 1. The maximum Gasteiger partial charge on any atom is 0.258 e. The third-order valence-electron chi connectivity index (χ3n) is 2.95. The highest BCUT2D eigenvalue weighted by atomic mass is 19.1. The molecular weight excluding hydrogens is 241 g/mol. The molecule has 2 aromatic carbocycles. The van der Waals surface area contributed by atoms with Crippen molar-refractivity contribution in [3.8, 4) is 0 Å². The van der Waals surface area contributed by atoms with Crippen molar-refractivity contribution in [3.63, 3.8) is 0 Å². The SMILES string of the molecule is CCN(C(=O)c1cccc(F)c1)c1cccc(C)c1. The van der Waals surface area contributed by atoms with Crippen molar-refractivity contribution < 1.29 is 9.18 Å². The highest BCUT2D eigenvalue weighted by molar-refractivity contribution is 6.06. The van der Waals surface area contributed by atoms with Crippen LogP contribution in [0.4, 0.5) is 10.1 Å². The molecule has 0 aliphatic heterocycles. The van der Waals surface area contributed by atoms with Gasteiger partial charge < -0.3 is 4.90 Å². The zero-order valence-electron chi connectivity index (χ0n) is 11.1. The number of aryl methyl sites for hydroxylation is 1. The number of hydrogen-bond donors (Lipinski definition) is 0. The fourth-order valence-corrected chi connectivity index (χ4v) is 2.02. The van der Waals surface area contributed by atoms with E-state index in [4.69, 9.17) is 0 Å². The van der Waals surface area contributed by atoms with E-state index >= 15 is 0 Å². The molecular formula is C16H16FNO. The van der Waals surface area contributed by atoms with E-state index in [0.717, 1.165) is 11.3 Å². The first-order valence-corrected chi connectivity index (χ1v) is 6.26. The molecule has 0 N–H and O–H groups in total. The smallest absolute Gasteiger partial charge is 0.258 e. The molecule has 19 heavy (non-hydrogen) atoms. The van der Waals surface area contributed by atoms with Crippen LogP contribution in [-0.4, -0.2) is 12.5 Å². The summed E-state index contributed by atoms with van der Waals surface area (Å²) in [5.41, 5.74) is 2.28. The molecule has 2 aromatic rings. The summed E-state index contributed by atoms with van der Waals surface area (Å²) in [5, 5.41) is 0. The minimum Gasteiger partial charge on any atom is -0.309 e. The third-order valence-corrected chi connectivity index (χ3v) is 2.95. The topological polar surface area (TPSA) is 20.3 Å². The Morgan fingerprint density at radius 1 is 1.16 bits per heavy atom. The summed E-state index contributed by atoms with van der Waals surface area (Å²) in [6.45, 7) is 4.42. The normalized spacial score (nSPS) is 10.3. The van der Waals surface area contributed by atoms with E-state index in [2.05, 4.69) is 0 Å². The van der Waals surface area contributed by atoms with Crippen molar-refractivity contribution in [2.45, 2.75) is 13.8 Å². The van der Waals surface area contributed by atoms with E-state index in [1.54, 1.807) is 17.0 Å². The van der Waals surface area contributed by atoms with Gasteiger partial charge in [-0.15, -0.1) is 0 Å². The van der Waals surface area contributed by atoms with Crippen LogP contribution in [0.3, 0.4) is 0 Å². The summed E-state index contributed by atoms with van der Waals surface area (Å²) in [7, 11) is 0. The second-order valence-electron chi connectivity index (χ2n) is 4.40. The van der Waals surface area contributed by atoms with Crippen LogP contribution in [0.25, 0.3) is 0 Å². The second-order valence-corrected chi connectivity index (χ2v) is 4.40. The van der Waals surface area contributed by atoms with Gasteiger partial charge in [0.15, 0.2) is 0 Å². The van der Waals surface area contributed by atoms with Gasteiger partial charge in [-0.25, -0.2) is 4.39 Å². The average Bonchev–Trinajstić information content (AvgIpc) is 2.39. The van der Waals surface area contributed by atoms with Crippen LogP contribution in [0, 0.1) is 12.7 Å². The number of halogens is 1. The Labute approximate surface area is 112 Å². The van der Waals surface area contributed by atoms with Gasteiger partial charge in [0, 0.05) is 17.8 Å². The maximum atomic E-state index is 13.2. The first kappa shape index (κ1) is 13.3. The molecule has 3 heteroatoms. The summed E-state index contributed by atoms with van der Waals surface area (Å²) >= 11 is 0. The number of anilines is 1. The molecule has 2 rings (SSSR count). The molecule has 0 fully saturated rings. The Morgan fingerprint density at radius 2 is 1.89 bits per heavy atom. The molecule has 0 atom stereocenters. The zero-order valence-corrected chi connectivity index (χ0v) is 11.1. The summed E-state index contributed by atoms with van der Waals surface area (Å²) in [4.78, 5) is 14.0. The van der Waals surface area contributed by atoms with Gasteiger partial charge in [0.25, 0.3) is 5.91 Å². The molecule has 0 saturated carbocycles. The van der Waals surface area contributed by atoms with E-state index in [-0.39, 0.29) is 5.91 Å². The quantitative estimate of drug-likeness (QED) is 0.819. The summed E-state index contributed by atoms with van der Waals surface area (Å²) in [6.07, 6.45) is 0. The number of nitrogens with zero attached hydrogens (tertiary/aromatic N) is 1. The molecule has 2 nitrogen and oxygen atoms in total. The number of carbonyl (C=O) groups excluding carboxylic acids is 1.